The van der Waals surface area contributed by atoms with E-state index in [1.807, 2.05) is 30.3 Å². The Morgan fingerprint density at radius 3 is 1.89 bits per heavy atom. The normalized spacial score (nSPS) is 12.3. The molecule has 1 amide bonds. The van der Waals surface area contributed by atoms with Crippen LogP contribution in [0.4, 0.5) is 0 Å². The zero-order valence-corrected chi connectivity index (χ0v) is 22.8. The third kappa shape index (κ3) is 6.76. The van der Waals surface area contributed by atoms with Gasteiger partial charge in [0.05, 0.1) is 27.8 Å². The van der Waals surface area contributed by atoms with E-state index in [0.29, 0.717) is 0 Å². The molecule has 1 atom stereocenters. The fraction of sp³-hybridized carbons (Fsp3) is 0.286. The summed E-state index contributed by atoms with van der Waals surface area (Å²) in [6.45, 7) is 1.46. The van der Waals surface area contributed by atoms with E-state index in [-0.39, 0.29) is 59.3 Å². The van der Waals surface area contributed by atoms with E-state index in [4.69, 9.17) is 46.9 Å². The second-order valence-electron chi connectivity index (χ2n) is 8.07. The number of ether oxygens (including phenoxy) is 5. The van der Waals surface area contributed by atoms with Crippen molar-refractivity contribution in [3.05, 3.63) is 93.5 Å². The van der Waals surface area contributed by atoms with Gasteiger partial charge in [-0.3, -0.25) is 4.79 Å². The van der Waals surface area contributed by atoms with Gasteiger partial charge in [0.15, 0.2) is 19.1 Å². The van der Waals surface area contributed by atoms with Crippen LogP contribution in [-0.4, -0.2) is 46.3 Å². The third-order valence-corrected chi connectivity index (χ3v) is 6.16. The van der Waals surface area contributed by atoms with Gasteiger partial charge in [0.25, 0.3) is 5.91 Å². The maximum atomic E-state index is 14.0. The summed E-state index contributed by atoms with van der Waals surface area (Å²) in [6.07, 6.45) is -0.0167. The highest BCUT2D eigenvalue weighted by Gasteiger charge is 2.48. The number of benzene rings is 3. The van der Waals surface area contributed by atoms with Crippen LogP contribution in [-0.2, 0) is 31.0 Å². The Kier molecular flexibility index (Phi) is 10.8. The fourth-order valence-corrected chi connectivity index (χ4v) is 4.53. The van der Waals surface area contributed by atoms with Crippen LogP contribution in [0.3, 0.4) is 0 Å². The van der Waals surface area contributed by atoms with Crippen molar-refractivity contribution in [1.82, 2.24) is 5.32 Å². The van der Waals surface area contributed by atoms with Crippen molar-refractivity contribution in [3.8, 4) is 11.5 Å². The molecule has 0 unspecified atom stereocenters. The zero-order chi connectivity index (χ0) is 27.5. The first-order valence-electron chi connectivity index (χ1n) is 11.7. The monoisotopic (exact) mass is 561 g/mol. The molecule has 38 heavy (non-hydrogen) atoms. The molecular weight excluding hydrogens is 533 g/mol. The van der Waals surface area contributed by atoms with E-state index < -0.39 is 17.4 Å². The summed E-state index contributed by atoms with van der Waals surface area (Å²) in [5, 5.41) is 3.12. The molecule has 0 aliphatic heterocycles. The van der Waals surface area contributed by atoms with Crippen LogP contribution in [0.1, 0.15) is 28.4 Å². The van der Waals surface area contributed by atoms with Gasteiger partial charge < -0.3 is 29.0 Å². The van der Waals surface area contributed by atoms with Crippen molar-refractivity contribution >= 4 is 35.1 Å². The van der Waals surface area contributed by atoms with Crippen LogP contribution in [0.15, 0.2) is 66.7 Å². The summed E-state index contributed by atoms with van der Waals surface area (Å²) < 4.78 is 27.5. The van der Waals surface area contributed by atoms with Crippen LogP contribution >= 0.6 is 23.2 Å². The molecule has 0 aliphatic rings. The molecule has 202 valence electrons. The number of amides is 1. The molecule has 8 nitrogen and oxygen atoms in total. The van der Waals surface area contributed by atoms with Crippen LogP contribution < -0.4 is 14.8 Å². The lowest BCUT2D eigenvalue weighted by Crippen LogP contribution is -2.54. The number of hydrogen-bond acceptors (Lipinski definition) is 7. The van der Waals surface area contributed by atoms with E-state index >= 15 is 0 Å². The van der Waals surface area contributed by atoms with Crippen molar-refractivity contribution in [1.29, 1.82) is 0 Å². The molecule has 0 bridgehead atoms. The predicted octanol–water partition coefficient (Wildman–Crippen LogP) is 5.39. The van der Waals surface area contributed by atoms with Gasteiger partial charge in [-0.05, 0) is 36.8 Å². The number of carbonyl (C=O) groups excluding carboxylic acids is 2. The summed E-state index contributed by atoms with van der Waals surface area (Å²) in [7, 11) is 2.93. The van der Waals surface area contributed by atoms with E-state index in [0.717, 1.165) is 5.56 Å². The molecule has 0 spiro atoms. The van der Waals surface area contributed by atoms with Gasteiger partial charge in [0.2, 0.25) is 0 Å². The van der Waals surface area contributed by atoms with Crippen LogP contribution in [0, 0.1) is 0 Å². The maximum Gasteiger partial charge on any atom is 0.337 e. The Morgan fingerprint density at radius 1 is 0.816 bits per heavy atom. The minimum Gasteiger partial charge on any atom is -0.467 e. The molecule has 0 aromatic heterocycles. The molecule has 3 aromatic carbocycles. The minimum atomic E-state index is -1.84. The van der Waals surface area contributed by atoms with Gasteiger partial charge in [0.1, 0.15) is 11.5 Å². The Labute approximate surface area is 231 Å². The topological polar surface area (TPSA) is 92.3 Å². The minimum absolute atomic E-state index is 0.00668. The fourth-order valence-electron chi connectivity index (χ4n) is 3.96. The molecule has 3 rings (SSSR count). The first-order valence-corrected chi connectivity index (χ1v) is 12.5. The molecule has 0 saturated carbocycles. The van der Waals surface area contributed by atoms with Crippen LogP contribution in [0.5, 0.6) is 11.5 Å². The van der Waals surface area contributed by atoms with Crippen molar-refractivity contribution in [2.75, 3.05) is 34.4 Å². The Hall–Kier alpha value is -3.30. The standard InChI is InChI=1S/C28H29Cl2NO7/c1-4-36-27(33)28(16-19-10-6-5-7-11-19,31-26(32)24-20(29)12-8-13-21(24)30)25-22(37-17-34-2)14-9-15-23(25)38-18-35-3/h5-15H,4,16-18H2,1-3H3,(H,31,32)/t28-/m1/s1. The van der Waals surface area contributed by atoms with Crippen molar-refractivity contribution < 1.29 is 33.3 Å². The molecular formula is C28H29Cl2NO7. The molecule has 3 aromatic rings. The number of esters is 1. The van der Waals surface area contributed by atoms with Gasteiger partial charge in [-0.25, -0.2) is 4.79 Å². The highest BCUT2D eigenvalue weighted by Crippen LogP contribution is 2.42. The Morgan fingerprint density at radius 2 is 1.37 bits per heavy atom. The first-order chi connectivity index (χ1) is 18.4. The Balaban J connectivity index is 2.33. The number of nitrogens with one attached hydrogen (secondary N) is 1. The molecule has 0 radical (unpaired) electrons. The van der Waals surface area contributed by atoms with Crippen molar-refractivity contribution in [2.45, 2.75) is 18.9 Å². The third-order valence-electron chi connectivity index (χ3n) is 5.53. The lowest BCUT2D eigenvalue weighted by Gasteiger charge is -2.35. The number of methoxy groups -OCH3 is 2. The molecule has 0 saturated heterocycles. The molecule has 1 N–H and O–H groups in total. The first kappa shape index (κ1) is 29.3. The van der Waals surface area contributed by atoms with Crippen LogP contribution in [0.2, 0.25) is 10.0 Å². The van der Waals surface area contributed by atoms with E-state index in [2.05, 4.69) is 5.32 Å². The number of rotatable bonds is 13. The maximum absolute atomic E-state index is 14.0. The number of halogens is 2. The smallest absolute Gasteiger partial charge is 0.337 e. The largest absolute Gasteiger partial charge is 0.467 e. The second kappa shape index (κ2) is 14.0. The SMILES string of the molecule is CCOC(=O)[C@](Cc1ccccc1)(NC(=O)c1c(Cl)cccc1Cl)c1c(OCOC)cccc1OCOC. The quantitative estimate of drug-likeness (QED) is 0.221. The van der Waals surface area contributed by atoms with Gasteiger partial charge in [-0.15, -0.1) is 0 Å². The van der Waals surface area contributed by atoms with E-state index in [1.165, 1.54) is 26.4 Å². The molecule has 0 heterocycles. The van der Waals surface area contributed by atoms with Crippen LogP contribution in [0.25, 0.3) is 0 Å². The van der Waals surface area contributed by atoms with Gasteiger partial charge >= 0.3 is 5.97 Å². The van der Waals surface area contributed by atoms with Crippen molar-refractivity contribution in [3.63, 3.8) is 0 Å². The summed E-state index contributed by atoms with van der Waals surface area (Å²) in [4.78, 5) is 27.8. The highest BCUT2D eigenvalue weighted by molar-refractivity contribution is 6.39. The van der Waals surface area contributed by atoms with E-state index in [9.17, 15) is 9.59 Å². The lowest BCUT2D eigenvalue weighted by molar-refractivity contribution is -0.151. The summed E-state index contributed by atoms with van der Waals surface area (Å²) in [5.41, 5.74) is -0.893. The molecule has 0 aliphatic carbocycles. The van der Waals surface area contributed by atoms with Gasteiger partial charge in [-0.2, -0.15) is 0 Å². The zero-order valence-electron chi connectivity index (χ0n) is 21.3. The van der Waals surface area contributed by atoms with Gasteiger partial charge in [0, 0.05) is 20.6 Å². The number of carbonyl (C=O) groups is 2. The Bertz CT molecular complexity index is 1190. The highest BCUT2D eigenvalue weighted by atomic mass is 35.5. The number of hydrogen-bond donors (Lipinski definition) is 1. The summed E-state index contributed by atoms with van der Waals surface area (Å²) >= 11 is 12.7. The molecule has 0 fully saturated rings. The average molecular weight is 562 g/mol. The lowest BCUT2D eigenvalue weighted by atomic mass is 9.81. The van der Waals surface area contributed by atoms with Gasteiger partial charge in [-0.1, -0.05) is 65.7 Å². The second-order valence-corrected chi connectivity index (χ2v) is 8.88. The van der Waals surface area contributed by atoms with E-state index in [1.54, 1.807) is 31.2 Å². The average Bonchev–Trinajstić information content (AvgIpc) is 2.91. The van der Waals surface area contributed by atoms with Crippen molar-refractivity contribution in [2.24, 2.45) is 0 Å². The summed E-state index contributed by atoms with van der Waals surface area (Å²) in [5.74, 6) is -0.968. The predicted molar refractivity (Wildman–Crippen MR) is 144 cm³/mol. The molecule has 10 heteroatoms. The summed E-state index contributed by atoms with van der Waals surface area (Å²) in [6, 6.07) is 18.8.